The van der Waals surface area contributed by atoms with E-state index in [2.05, 4.69) is 13.8 Å². The van der Waals surface area contributed by atoms with Gasteiger partial charge in [0, 0.05) is 18.8 Å². The van der Waals surface area contributed by atoms with Crippen LogP contribution < -0.4 is 0 Å². The van der Waals surface area contributed by atoms with Gasteiger partial charge in [0.05, 0.1) is 0 Å². The smallest absolute Gasteiger partial charge is 0.303 e. The lowest BCUT2D eigenvalue weighted by molar-refractivity contribution is -0.153. The summed E-state index contributed by atoms with van der Waals surface area (Å²) in [6.45, 7) is 4.75. The summed E-state index contributed by atoms with van der Waals surface area (Å²) in [4.78, 5) is 22.8. The summed E-state index contributed by atoms with van der Waals surface area (Å²) >= 11 is 0. The standard InChI is InChI=1S/C23H35FO3/c1-22-12-10-17-15(16(22)8-6-14(22)4-3-5-20(26)27)7-9-18-21(24)19(25)11-13-23(17,18)2/h14-18,21H,3-13H2,1-2H3,(H,26,27). The van der Waals surface area contributed by atoms with E-state index in [0.29, 0.717) is 35.5 Å². The molecule has 4 heteroatoms. The topological polar surface area (TPSA) is 54.4 Å². The van der Waals surface area contributed by atoms with Crippen molar-refractivity contribution >= 4 is 11.8 Å². The van der Waals surface area contributed by atoms with Gasteiger partial charge in [-0.25, -0.2) is 4.39 Å². The maximum atomic E-state index is 14.7. The molecule has 0 aliphatic heterocycles. The number of carbonyl (C=O) groups excluding carboxylic acids is 1. The van der Waals surface area contributed by atoms with Crippen molar-refractivity contribution in [3.8, 4) is 0 Å². The Morgan fingerprint density at radius 2 is 1.74 bits per heavy atom. The first-order chi connectivity index (χ1) is 12.8. The molecule has 0 heterocycles. The Labute approximate surface area is 162 Å². The van der Waals surface area contributed by atoms with Crippen LogP contribution in [0.3, 0.4) is 0 Å². The molecule has 0 spiro atoms. The number of aliphatic carboxylic acids is 1. The van der Waals surface area contributed by atoms with Crippen LogP contribution in [0, 0.1) is 40.4 Å². The molecule has 0 bridgehead atoms. The highest BCUT2D eigenvalue weighted by molar-refractivity contribution is 5.84. The Hall–Kier alpha value is -0.930. The molecule has 3 nitrogen and oxygen atoms in total. The average molecular weight is 379 g/mol. The van der Waals surface area contributed by atoms with Gasteiger partial charge in [0.15, 0.2) is 12.0 Å². The molecule has 8 unspecified atom stereocenters. The molecule has 4 aliphatic carbocycles. The quantitative estimate of drug-likeness (QED) is 0.711. The number of halogens is 1. The van der Waals surface area contributed by atoms with Crippen LogP contribution in [-0.4, -0.2) is 23.0 Å². The van der Waals surface area contributed by atoms with Gasteiger partial charge in [-0.15, -0.1) is 0 Å². The Kier molecular flexibility index (Phi) is 4.91. The van der Waals surface area contributed by atoms with Crippen molar-refractivity contribution in [1.29, 1.82) is 0 Å². The number of ketones is 1. The number of carbonyl (C=O) groups is 2. The van der Waals surface area contributed by atoms with E-state index in [1.54, 1.807) is 0 Å². The number of fused-ring (bicyclic) bond motifs is 5. The molecule has 8 atom stereocenters. The highest BCUT2D eigenvalue weighted by Gasteiger charge is 2.61. The molecule has 4 aliphatic rings. The lowest BCUT2D eigenvalue weighted by atomic mass is 9.44. The molecule has 0 saturated heterocycles. The van der Waals surface area contributed by atoms with Crippen LogP contribution in [0.1, 0.15) is 84.5 Å². The van der Waals surface area contributed by atoms with E-state index < -0.39 is 12.1 Å². The first-order valence-corrected chi connectivity index (χ1v) is 11.2. The summed E-state index contributed by atoms with van der Waals surface area (Å²) in [5.74, 6) is 1.70. The zero-order valence-electron chi connectivity index (χ0n) is 16.9. The SMILES string of the molecule is CC12CCC3C(CCC4C(F)C(=O)CCC43C)C1CCC2CCCC(=O)O. The van der Waals surface area contributed by atoms with Crippen LogP contribution in [0.4, 0.5) is 4.39 Å². The number of rotatable bonds is 4. The third-order valence-electron chi connectivity index (χ3n) is 9.65. The minimum absolute atomic E-state index is 0.00102. The van der Waals surface area contributed by atoms with Crippen molar-refractivity contribution in [3.05, 3.63) is 0 Å². The van der Waals surface area contributed by atoms with Crippen molar-refractivity contribution in [2.24, 2.45) is 40.4 Å². The van der Waals surface area contributed by atoms with Gasteiger partial charge in [-0.05, 0) is 92.3 Å². The predicted molar refractivity (Wildman–Crippen MR) is 102 cm³/mol. The normalized spacial score (nSPS) is 49.2. The first-order valence-electron chi connectivity index (χ1n) is 11.2. The lowest BCUT2D eigenvalue weighted by Crippen LogP contribution is -2.56. The zero-order chi connectivity index (χ0) is 19.4. The zero-order valence-corrected chi connectivity index (χ0v) is 16.9. The lowest BCUT2D eigenvalue weighted by Gasteiger charge is -2.60. The van der Waals surface area contributed by atoms with Crippen molar-refractivity contribution in [2.45, 2.75) is 90.6 Å². The second-order valence-corrected chi connectivity index (χ2v) is 10.5. The van der Waals surface area contributed by atoms with Crippen molar-refractivity contribution < 1.29 is 19.1 Å². The molecule has 4 fully saturated rings. The summed E-state index contributed by atoms with van der Waals surface area (Å²) in [5, 5.41) is 8.96. The number of hydrogen-bond donors (Lipinski definition) is 1. The highest BCUT2D eigenvalue weighted by Crippen LogP contribution is 2.67. The molecule has 0 aromatic carbocycles. The molecular formula is C23H35FO3. The maximum Gasteiger partial charge on any atom is 0.303 e. The van der Waals surface area contributed by atoms with Gasteiger partial charge in [0.25, 0.3) is 0 Å². The minimum Gasteiger partial charge on any atom is -0.481 e. The fourth-order valence-corrected chi connectivity index (χ4v) is 8.17. The van der Waals surface area contributed by atoms with E-state index in [9.17, 15) is 14.0 Å². The van der Waals surface area contributed by atoms with E-state index in [-0.39, 0.29) is 23.5 Å². The monoisotopic (exact) mass is 378 g/mol. The molecule has 0 aromatic rings. The van der Waals surface area contributed by atoms with Crippen LogP contribution >= 0.6 is 0 Å². The largest absolute Gasteiger partial charge is 0.481 e. The Morgan fingerprint density at radius 3 is 2.48 bits per heavy atom. The molecule has 4 rings (SSSR count). The number of hydrogen-bond acceptors (Lipinski definition) is 2. The minimum atomic E-state index is -1.23. The van der Waals surface area contributed by atoms with E-state index >= 15 is 0 Å². The second kappa shape index (κ2) is 6.84. The predicted octanol–water partition coefficient (Wildman–Crippen LogP) is 5.42. The van der Waals surface area contributed by atoms with Crippen molar-refractivity contribution in [3.63, 3.8) is 0 Å². The van der Waals surface area contributed by atoms with Gasteiger partial charge in [-0.3, -0.25) is 9.59 Å². The highest BCUT2D eigenvalue weighted by atomic mass is 19.1. The van der Waals surface area contributed by atoms with Gasteiger partial charge < -0.3 is 5.11 Å². The second-order valence-electron chi connectivity index (χ2n) is 10.5. The van der Waals surface area contributed by atoms with Gasteiger partial charge in [-0.1, -0.05) is 13.8 Å². The molecule has 1 N–H and O–H groups in total. The van der Waals surface area contributed by atoms with Gasteiger partial charge in [0.2, 0.25) is 0 Å². The van der Waals surface area contributed by atoms with Crippen LogP contribution in [0.25, 0.3) is 0 Å². The molecule has 27 heavy (non-hydrogen) atoms. The molecular weight excluding hydrogens is 343 g/mol. The third-order valence-corrected chi connectivity index (χ3v) is 9.65. The van der Waals surface area contributed by atoms with Crippen LogP contribution in [0.15, 0.2) is 0 Å². The number of Topliss-reactive ketones (excluding diaryl/α,β-unsaturated/α-hetero) is 1. The summed E-state index contributed by atoms with van der Waals surface area (Å²) < 4.78 is 14.7. The fourth-order valence-electron chi connectivity index (χ4n) is 8.17. The van der Waals surface area contributed by atoms with E-state index in [0.717, 1.165) is 32.1 Å². The Balaban J connectivity index is 1.51. The number of carboxylic acid groups (broad SMARTS) is 1. The summed E-state index contributed by atoms with van der Waals surface area (Å²) in [5.41, 5.74) is 0.335. The van der Waals surface area contributed by atoms with Crippen LogP contribution in [0.5, 0.6) is 0 Å². The summed E-state index contributed by atoms with van der Waals surface area (Å²) in [7, 11) is 0. The molecule has 152 valence electrons. The van der Waals surface area contributed by atoms with Gasteiger partial charge in [-0.2, -0.15) is 0 Å². The van der Waals surface area contributed by atoms with Crippen molar-refractivity contribution in [1.82, 2.24) is 0 Å². The van der Waals surface area contributed by atoms with E-state index in [1.807, 2.05) is 0 Å². The number of carboxylic acids is 1. The molecule has 0 radical (unpaired) electrons. The third kappa shape index (κ3) is 2.97. The molecule has 4 saturated carbocycles. The van der Waals surface area contributed by atoms with E-state index in [1.165, 1.54) is 25.7 Å². The summed E-state index contributed by atoms with van der Waals surface area (Å²) in [6.07, 6.45) is 9.01. The van der Waals surface area contributed by atoms with E-state index in [4.69, 9.17) is 5.11 Å². The molecule has 0 aromatic heterocycles. The average Bonchev–Trinajstić information content (AvgIpc) is 2.95. The van der Waals surface area contributed by atoms with Crippen LogP contribution in [0.2, 0.25) is 0 Å². The number of alkyl halides is 1. The van der Waals surface area contributed by atoms with Crippen LogP contribution in [-0.2, 0) is 9.59 Å². The van der Waals surface area contributed by atoms with Gasteiger partial charge >= 0.3 is 5.97 Å². The Morgan fingerprint density at radius 1 is 1.04 bits per heavy atom. The molecule has 0 amide bonds. The first kappa shape index (κ1) is 19.4. The van der Waals surface area contributed by atoms with Gasteiger partial charge in [0.1, 0.15) is 0 Å². The maximum absolute atomic E-state index is 14.7. The fraction of sp³-hybridized carbons (Fsp3) is 0.913. The Bertz CT molecular complexity index is 619. The summed E-state index contributed by atoms with van der Waals surface area (Å²) in [6, 6.07) is 0. The van der Waals surface area contributed by atoms with Crippen molar-refractivity contribution in [2.75, 3.05) is 0 Å².